The van der Waals surface area contributed by atoms with Crippen LogP contribution in [0.5, 0.6) is 5.75 Å². The first kappa shape index (κ1) is 19.6. The van der Waals surface area contributed by atoms with E-state index in [0.29, 0.717) is 13.1 Å². The molecule has 1 saturated heterocycles. The van der Waals surface area contributed by atoms with Gasteiger partial charge in [0, 0.05) is 43.1 Å². The molecule has 0 bridgehead atoms. The Morgan fingerprint density at radius 1 is 1.19 bits per heavy atom. The Morgan fingerprint density at radius 3 is 2.44 bits per heavy atom. The Bertz CT molecular complexity index is 791. The van der Waals surface area contributed by atoms with Gasteiger partial charge in [-0.25, -0.2) is 4.98 Å². The van der Waals surface area contributed by atoms with Gasteiger partial charge >= 0.3 is 0 Å². The highest BCUT2D eigenvalue weighted by Gasteiger charge is 2.28. The number of anilines is 1. The minimum Gasteiger partial charge on any atom is -0.481 e. The Kier molecular flexibility index (Phi) is 5.69. The van der Waals surface area contributed by atoms with Crippen molar-refractivity contribution < 1.29 is 9.53 Å². The Balaban J connectivity index is 1.56. The highest BCUT2D eigenvalue weighted by molar-refractivity contribution is 7.09. The fourth-order valence-electron chi connectivity index (χ4n) is 2.95. The Hall–Kier alpha value is -2.15. The van der Waals surface area contributed by atoms with E-state index >= 15 is 0 Å². The zero-order valence-corrected chi connectivity index (χ0v) is 17.5. The first-order chi connectivity index (χ1) is 12.8. The predicted molar refractivity (Wildman–Crippen MR) is 109 cm³/mol. The van der Waals surface area contributed by atoms with Crippen LogP contribution in [0.4, 0.5) is 5.13 Å². The summed E-state index contributed by atoms with van der Waals surface area (Å²) in [6.07, 6.45) is -0.494. The highest BCUT2D eigenvalue weighted by atomic mass is 32.1. The van der Waals surface area contributed by atoms with Gasteiger partial charge in [0.05, 0.1) is 0 Å². The number of ether oxygens (including phenoxy) is 1. The number of aromatic nitrogens is 2. The third-order valence-electron chi connectivity index (χ3n) is 4.69. The molecule has 1 aromatic carbocycles. The van der Waals surface area contributed by atoms with Gasteiger partial charge in [-0.05, 0) is 25.5 Å². The largest absolute Gasteiger partial charge is 0.481 e. The number of rotatable bonds is 4. The van der Waals surface area contributed by atoms with Gasteiger partial charge < -0.3 is 14.5 Å². The van der Waals surface area contributed by atoms with E-state index in [1.54, 1.807) is 0 Å². The quantitative estimate of drug-likeness (QED) is 0.805. The molecular weight excluding hydrogens is 360 g/mol. The molecule has 1 aliphatic rings. The van der Waals surface area contributed by atoms with Crippen molar-refractivity contribution in [3.8, 4) is 5.75 Å². The van der Waals surface area contributed by atoms with E-state index in [2.05, 4.69) is 35.0 Å². The topological polar surface area (TPSA) is 58.6 Å². The van der Waals surface area contributed by atoms with Crippen molar-refractivity contribution in [2.24, 2.45) is 0 Å². The van der Waals surface area contributed by atoms with Crippen molar-refractivity contribution in [1.29, 1.82) is 0 Å². The maximum absolute atomic E-state index is 12.7. The van der Waals surface area contributed by atoms with Gasteiger partial charge in [0.2, 0.25) is 5.13 Å². The molecule has 1 aromatic heterocycles. The zero-order valence-electron chi connectivity index (χ0n) is 16.7. The molecule has 0 saturated carbocycles. The van der Waals surface area contributed by atoms with E-state index in [1.165, 1.54) is 11.5 Å². The minimum atomic E-state index is -0.494. The normalized spacial score (nSPS) is 16.3. The van der Waals surface area contributed by atoms with E-state index in [-0.39, 0.29) is 11.3 Å². The van der Waals surface area contributed by atoms with Crippen molar-refractivity contribution in [2.45, 2.75) is 46.1 Å². The molecule has 27 heavy (non-hydrogen) atoms. The molecular formula is C20H28N4O2S. The summed E-state index contributed by atoms with van der Waals surface area (Å²) in [4.78, 5) is 21.5. The van der Waals surface area contributed by atoms with Gasteiger partial charge in [-0.2, -0.15) is 4.37 Å². The second-order valence-corrected chi connectivity index (χ2v) is 8.72. The maximum atomic E-state index is 12.7. The smallest absolute Gasteiger partial charge is 0.263 e. The van der Waals surface area contributed by atoms with Crippen LogP contribution in [0.25, 0.3) is 0 Å². The van der Waals surface area contributed by atoms with Crippen molar-refractivity contribution in [3.63, 3.8) is 0 Å². The predicted octanol–water partition coefficient (Wildman–Crippen LogP) is 3.26. The number of hydrogen-bond acceptors (Lipinski definition) is 6. The molecule has 3 rings (SSSR count). The second kappa shape index (κ2) is 7.84. The molecule has 0 aliphatic carbocycles. The molecule has 1 aliphatic heterocycles. The van der Waals surface area contributed by atoms with Crippen LogP contribution in [-0.2, 0) is 10.2 Å². The fraction of sp³-hybridized carbons (Fsp3) is 0.550. The molecule has 1 atom stereocenters. The van der Waals surface area contributed by atoms with Crippen LogP contribution in [-0.4, -0.2) is 52.4 Å². The summed E-state index contributed by atoms with van der Waals surface area (Å²) in [5, 5.41) is 0.941. The van der Waals surface area contributed by atoms with Crippen molar-refractivity contribution in [3.05, 3.63) is 35.7 Å². The number of benzene rings is 1. The van der Waals surface area contributed by atoms with Gasteiger partial charge in [0.25, 0.3) is 5.91 Å². The van der Waals surface area contributed by atoms with Gasteiger partial charge in [-0.1, -0.05) is 39.0 Å². The van der Waals surface area contributed by atoms with Crippen molar-refractivity contribution >= 4 is 22.6 Å². The molecule has 2 heterocycles. The number of hydrogen-bond donors (Lipinski definition) is 0. The maximum Gasteiger partial charge on any atom is 0.263 e. The molecule has 2 aromatic rings. The molecule has 146 valence electrons. The third-order valence-corrected chi connectivity index (χ3v) is 5.47. The van der Waals surface area contributed by atoms with E-state index in [1.807, 2.05) is 43.0 Å². The van der Waals surface area contributed by atoms with Gasteiger partial charge in [0.15, 0.2) is 6.10 Å². The molecule has 0 N–H and O–H groups in total. The van der Waals surface area contributed by atoms with Crippen molar-refractivity contribution in [2.75, 3.05) is 31.1 Å². The first-order valence-electron chi connectivity index (χ1n) is 9.36. The monoisotopic (exact) mass is 388 g/mol. The van der Waals surface area contributed by atoms with Crippen molar-refractivity contribution in [1.82, 2.24) is 14.3 Å². The number of nitrogens with zero attached hydrogens (tertiary/aromatic N) is 4. The number of amides is 1. The summed E-state index contributed by atoms with van der Waals surface area (Å²) in [6.45, 7) is 13.0. The summed E-state index contributed by atoms with van der Waals surface area (Å²) in [5.74, 6) is 1.67. The summed E-state index contributed by atoms with van der Waals surface area (Å²) in [7, 11) is 0. The first-order valence-corrected chi connectivity index (χ1v) is 10.1. The lowest BCUT2D eigenvalue weighted by atomic mass is 9.96. The number of aryl methyl sites for hydroxylation is 1. The lowest BCUT2D eigenvalue weighted by Gasteiger charge is -2.35. The van der Waals surface area contributed by atoms with E-state index in [4.69, 9.17) is 4.74 Å². The number of para-hydroxylation sites is 1. The van der Waals surface area contributed by atoms with E-state index < -0.39 is 6.10 Å². The molecule has 0 spiro atoms. The third kappa shape index (κ3) is 4.58. The second-order valence-electron chi connectivity index (χ2n) is 7.99. The summed E-state index contributed by atoms with van der Waals surface area (Å²) >= 11 is 1.44. The SMILES string of the molecule is Cc1ccccc1OC(C)C(=O)N1CCN(c2nc(C(C)(C)C)ns2)CC1. The summed E-state index contributed by atoms with van der Waals surface area (Å²) in [6, 6.07) is 7.77. The lowest BCUT2D eigenvalue weighted by molar-refractivity contribution is -0.138. The Morgan fingerprint density at radius 2 is 1.85 bits per heavy atom. The highest BCUT2D eigenvalue weighted by Crippen LogP contribution is 2.26. The van der Waals surface area contributed by atoms with Crippen LogP contribution >= 0.6 is 11.5 Å². The van der Waals surface area contributed by atoms with Crippen LogP contribution in [0.2, 0.25) is 0 Å². The average molecular weight is 389 g/mol. The Labute approximate surface area is 165 Å². The molecule has 6 nitrogen and oxygen atoms in total. The zero-order chi connectivity index (χ0) is 19.6. The number of piperazine rings is 1. The summed E-state index contributed by atoms with van der Waals surface area (Å²) in [5.41, 5.74) is 0.988. The average Bonchev–Trinajstić information content (AvgIpc) is 3.14. The van der Waals surface area contributed by atoms with Gasteiger partial charge in [-0.15, -0.1) is 0 Å². The fourth-order valence-corrected chi connectivity index (χ4v) is 3.86. The van der Waals surface area contributed by atoms with Crippen LogP contribution in [0, 0.1) is 6.92 Å². The van der Waals surface area contributed by atoms with E-state index in [0.717, 1.165) is 35.4 Å². The molecule has 1 fully saturated rings. The minimum absolute atomic E-state index is 0.0329. The lowest BCUT2D eigenvalue weighted by Crippen LogP contribution is -2.52. The summed E-state index contributed by atoms with van der Waals surface area (Å²) < 4.78 is 10.4. The molecule has 1 unspecified atom stereocenters. The van der Waals surface area contributed by atoms with E-state index in [9.17, 15) is 4.79 Å². The number of carbonyl (C=O) groups excluding carboxylic acids is 1. The molecule has 1 amide bonds. The molecule has 7 heteroatoms. The standard InChI is InChI=1S/C20H28N4O2S/c1-14-8-6-7-9-16(14)26-15(2)17(25)23-10-12-24(13-11-23)19-21-18(22-27-19)20(3,4)5/h6-9,15H,10-13H2,1-5H3. The number of carbonyl (C=O) groups is 1. The molecule has 0 radical (unpaired) electrons. The van der Waals surface area contributed by atoms with Gasteiger partial charge in [-0.3, -0.25) is 4.79 Å². The van der Waals surface area contributed by atoms with Gasteiger partial charge in [0.1, 0.15) is 11.6 Å². The van der Waals surface area contributed by atoms with Crippen LogP contribution in [0.1, 0.15) is 39.1 Å². The van der Waals surface area contributed by atoms with Crippen LogP contribution < -0.4 is 9.64 Å². The van der Waals surface area contributed by atoms with Crippen LogP contribution in [0.15, 0.2) is 24.3 Å². The van der Waals surface area contributed by atoms with Crippen LogP contribution in [0.3, 0.4) is 0 Å².